The van der Waals surface area contributed by atoms with Crippen LogP contribution < -0.4 is 5.32 Å². The van der Waals surface area contributed by atoms with Gasteiger partial charge < -0.3 is 19.9 Å². The monoisotopic (exact) mass is 296 g/mol. The standard InChI is InChI=1S/C14H20N2O5/c1-20-9-10-21-8-3-2-6-16-13(17)12-11(14(18)19)5-4-7-15-12/h4-5,7H,2-3,6,8-10H2,1H3,(H,16,17)(H,18,19). The predicted octanol–water partition coefficient (Wildman–Crippen LogP) is 0.953. The quantitative estimate of drug-likeness (QED) is 0.624. The molecule has 0 radical (unpaired) electrons. The summed E-state index contributed by atoms with van der Waals surface area (Å²) in [5.41, 5.74) is -0.167. The Morgan fingerprint density at radius 2 is 2.10 bits per heavy atom. The molecule has 1 heterocycles. The minimum atomic E-state index is -1.17. The van der Waals surface area contributed by atoms with Gasteiger partial charge in [-0.2, -0.15) is 0 Å². The molecule has 116 valence electrons. The Kier molecular flexibility index (Phi) is 8.00. The maximum absolute atomic E-state index is 11.9. The van der Waals surface area contributed by atoms with Gasteiger partial charge in [0.05, 0.1) is 18.8 Å². The number of aromatic nitrogens is 1. The van der Waals surface area contributed by atoms with Crippen LogP contribution in [-0.4, -0.2) is 55.4 Å². The summed E-state index contributed by atoms with van der Waals surface area (Å²) < 4.78 is 10.1. The van der Waals surface area contributed by atoms with Gasteiger partial charge in [0.2, 0.25) is 0 Å². The van der Waals surface area contributed by atoms with Gasteiger partial charge in [-0.15, -0.1) is 0 Å². The molecule has 0 saturated carbocycles. The third-order valence-corrected chi connectivity index (χ3v) is 2.69. The highest BCUT2D eigenvalue weighted by Crippen LogP contribution is 2.05. The van der Waals surface area contributed by atoms with Crippen LogP contribution in [0, 0.1) is 0 Å². The normalized spacial score (nSPS) is 10.3. The van der Waals surface area contributed by atoms with E-state index in [0.717, 1.165) is 12.8 Å². The minimum absolute atomic E-state index is 0.0682. The number of aromatic carboxylic acids is 1. The third kappa shape index (κ3) is 6.33. The molecule has 0 aliphatic carbocycles. The zero-order chi connectivity index (χ0) is 15.5. The molecule has 21 heavy (non-hydrogen) atoms. The average molecular weight is 296 g/mol. The van der Waals surface area contributed by atoms with Gasteiger partial charge in [-0.05, 0) is 25.0 Å². The highest BCUT2D eigenvalue weighted by Gasteiger charge is 2.16. The fourth-order valence-electron chi connectivity index (χ4n) is 1.62. The number of rotatable bonds is 10. The molecule has 1 aromatic heterocycles. The van der Waals surface area contributed by atoms with Crippen LogP contribution in [-0.2, 0) is 9.47 Å². The Hall–Kier alpha value is -1.99. The van der Waals surface area contributed by atoms with Crippen LogP contribution in [0.1, 0.15) is 33.7 Å². The summed E-state index contributed by atoms with van der Waals surface area (Å²) in [6.07, 6.45) is 2.94. The van der Waals surface area contributed by atoms with Gasteiger partial charge in [0.25, 0.3) is 5.91 Å². The zero-order valence-electron chi connectivity index (χ0n) is 12.0. The summed E-state index contributed by atoms with van der Waals surface area (Å²) in [6.45, 7) is 2.17. The maximum atomic E-state index is 11.9. The molecule has 0 aliphatic heterocycles. The van der Waals surface area contributed by atoms with E-state index in [9.17, 15) is 9.59 Å². The van der Waals surface area contributed by atoms with Crippen LogP contribution in [0.2, 0.25) is 0 Å². The van der Waals surface area contributed by atoms with E-state index in [-0.39, 0.29) is 11.3 Å². The van der Waals surface area contributed by atoms with Crippen molar-refractivity contribution in [2.45, 2.75) is 12.8 Å². The van der Waals surface area contributed by atoms with E-state index in [0.29, 0.717) is 26.4 Å². The van der Waals surface area contributed by atoms with E-state index in [2.05, 4.69) is 10.3 Å². The number of nitrogens with one attached hydrogen (secondary N) is 1. The molecular weight excluding hydrogens is 276 g/mol. The van der Waals surface area contributed by atoms with E-state index in [1.165, 1.54) is 18.3 Å². The lowest BCUT2D eigenvalue weighted by Gasteiger charge is -2.07. The number of hydrogen-bond donors (Lipinski definition) is 2. The number of methoxy groups -OCH3 is 1. The molecule has 2 N–H and O–H groups in total. The highest BCUT2D eigenvalue weighted by molar-refractivity contribution is 6.03. The summed E-state index contributed by atoms with van der Waals surface area (Å²) >= 11 is 0. The fourth-order valence-corrected chi connectivity index (χ4v) is 1.62. The molecule has 1 aromatic rings. The second kappa shape index (κ2) is 9.84. The Morgan fingerprint density at radius 3 is 2.81 bits per heavy atom. The maximum Gasteiger partial charge on any atom is 0.338 e. The van der Waals surface area contributed by atoms with Crippen LogP contribution in [0.5, 0.6) is 0 Å². The smallest absolute Gasteiger partial charge is 0.338 e. The van der Waals surface area contributed by atoms with E-state index in [1.807, 2.05) is 0 Å². The number of ether oxygens (including phenoxy) is 2. The second-order valence-corrected chi connectivity index (χ2v) is 4.27. The Labute approximate surface area is 123 Å². The molecule has 0 aromatic carbocycles. The number of amides is 1. The van der Waals surface area contributed by atoms with E-state index in [4.69, 9.17) is 14.6 Å². The topological polar surface area (TPSA) is 97.8 Å². The highest BCUT2D eigenvalue weighted by atomic mass is 16.5. The van der Waals surface area contributed by atoms with Crippen LogP contribution in [0.15, 0.2) is 18.3 Å². The molecule has 1 rings (SSSR count). The van der Waals surface area contributed by atoms with Crippen molar-refractivity contribution in [1.82, 2.24) is 10.3 Å². The molecule has 0 bridgehead atoms. The summed E-state index contributed by atoms with van der Waals surface area (Å²) in [6, 6.07) is 2.84. The number of carbonyl (C=O) groups excluding carboxylic acids is 1. The number of unbranched alkanes of at least 4 members (excludes halogenated alkanes) is 1. The van der Waals surface area contributed by atoms with Crippen LogP contribution in [0.25, 0.3) is 0 Å². The van der Waals surface area contributed by atoms with Crippen molar-refractivity contribution < 1.29 is 24.2 Å². The van der Waals surface area contributed by atoms with Crippen molar-refractivity contribution in [3.8, 4) is 0 Å². The molecule has 0 atom stereocenters. The van der Waals surface area contributed by atoms with E-state index in [1.54, 1.807) is 7.11 Å². The fraction of sp³-hybridized carbons (Fsp3) is 0.500. The predicted molar refractivity (Wildman–Crippen MR) is 75.5 cm³/mol. The number of hydrogen-bond acceptors (Lipinski definition) is 5. The van der Waals surface area contributed by atoms with E-state index >= 15 is 0 Å². The first-order valence-corrected chi connectivity index (χ1v) is 6.70. The van der Waals surface area contributed by atoms with Crippen molar-refractivity contribution in [1.29, 1.82) is 0 Å². The molecule has 7 heteroatoms. The first-order valence-electron chi connectivity index (χ1n) is 6.70. The van der Waals surface area contributed by atoms with Gasteiger partial charge in [0.1, 0.15) is 5.69 Å². The van der Waals surface area contributed by atoms with Crippen molar-refractivity contribution in [3.05, 3.63) is 29.6 Å². The van der Waals surface area contributed by atoms with Crippen LogP contribution in [0.3, 0.4) is 0 Å². The Morgan fingerprint density at radius 1 is 1.29 bits per heavy atom. The Balaban J connectivity index is 2.27. The summed E-state index contributed by atoms with van der Waals surface area (Å²) in [5.74, 6) is -1.65. The molecule has 0 saturated heterocycles. The van der Waals surface area contributed by atoms with Gasteiger partial charge >= 0.3 is 5.97 Å². The number of carbonyl (C=O) groups is 2. The van der Waals surface area contributed by atoms with Crippen LogP contribution >= 0.6 is 0 Å². The number of nitrogens with zero attached hydrogens (tertiary/aromatic N) is 1. The number of pyridine rings is 1. The number of carboxylic acids is 1. The summed E-state index contributed by atoms with van der Waals surface area (Å²) in [4.78, 5) is 26.7. The largest absolute Gasteiger partial charge is 0.478 e. The van der Waals surface area contributed by atoms with Gasteiger partial charge in [0.15, 0.2) is 0 Å². The summed E-state index contributed by atoms with van der Waals surface area (Å²) in [7, 11) is 1.61. The summed E-state index contributed by atoms with van der Waals surface area (Å²) in [5, 5.41) is 11.6. The lowest BCUT2D eigenvalue weighted by atomic mass is 10.2. The van der Waals surface area contributed by atoms with Crippen molar-refractivity contribution in [2.24, 2.45) is 0 Å². The molecular formula is C14H20N2O5. The van der Waals surface area contributed by atoms with E-state index < -0.39 is 11.9 Å². The van der Waals surface area contributed by atoms with Crippen molar-refractivity contribution in [2.75, 3.05) is 33.5 Å². The SMILES string of the molecule is COCCOCCCCNC(=O)c1ncccc1C(=O)O. The van der Waals surface area contributed by atoms with Gasteiger partial charge in [-0.3, -0.25) is 9.78 Å². The molecule has 0 spiro atoms. The average Bonchev–Trinajstić information content (AvgIpc) is 2.49. The van der Waals surface area contributed by atoms with Gasteiger partial charge in [0, 0.05) is 26.5 Å². The molecule has 0 unspecified atom stereocenters. The second-order valence-electron chi connectivity index (χ2n) is 4.27. The lowest BCUT2D eigenvalue weighted by molar-refractivity contribution is 0.0683. The third-order valence-electron chi connectivity index (χ3n) is 2.69. The molecule has 7 nitrogen and oxygen atoms in total. The minimum Gasteiger partial charge on any atom is -0.478 e. The Bertz CT molecular complexity index is 464. The molecule has 1 amide bonds. The first-order chi connectivity index (χ1) is 10.2. The molecule has 0 fully saturated rings. The number of carboxylic acid groups (broad SMARTS) is 1. The van der Waals surface area contributed by atoms with Gasteiger partial charge in [-0.25, -0.2) is 4.79 Å². The lowest BCUT2D eigenvalue weighted by Crippen LogP contribution is -2.27. The zero-order valence-corrected chi connectivity index (χ0v) is 12.0. The van der Waals surface area contributed by atoms with Crippen molar-refractivity contribution >= 4 is 11.9 Å². The van der Waals surface area contributed by atoms with Gasteiger partial charge in [-0.1, -0.05) is 0 Å². The first kappa shape index (κ1) is 17.1. The van der Waals surface area contributed by atoms with Crippen LogP contribution in [0.4, 0.5) is 0 Å². The van der Waals surface area contributed by atoms with Crippen molar-refractivity contribution in [3.63, 3.8) is 0 Å². The molecule has 0 aliphatic rings.